The summed E-state index contributed by atoms with van der Waals surface area (Å²) in [7, 11) is 3.38. The van der Waals surface area contributed by atoms with Gasteiger partial charge in [-0.2, -0.15) is 0 Å². The molecule has 0 aromatic heterocycles. The van der Waals surface area contributed by atoms with Crippen LogP contribution in [0.4, 0.5) is 0 Å². The second-order valence-corrected chi connectivity index (χ2v) is 5.94. The van der Waals surface area contributed by atoms with Crippen LogP contribution >= 0.6 is 0 Å². The molecule has 1 fully saturated rings. The number of amides is 1. The predicted molar refractivity (Wildman–Crippen MR) is 82.8 cm³/mol. The van der Waals surface area contributed by atoms with Crippen LogP contribution in [0, 0.1) is 11.8 Å². The number of carboxylic acids is 1. The van der Waals surface area contributed by atoms with Crippen molar-refractivity contribution < 1.29 is 19.4 Å². The van der Waals surface area contributed by atoms with E-state index in [4.69, 9.17) is 9.84 Å². The van der Waals surface area contributed by atoms with Crippen molar-refractivity contribution in [2.45, 2.75) is 32.2 Å². The van der Waals surface area contributed by atoms with Crippen LogP contribution in [0.1, 0.15) is 25.3 Å². The zero-order valence-corrected chi connectivity index (χ0v) is 13.3. The zero-order valence-electron chi connectivity index (χ0n) is 13.3. The van der Waals surface area contributed by atoms with Gasteiger partial charge in [0.05, 0.1) is 18.9 Å². The molecule has 120 valence electrons. The minimum atomic E-state index is -0.865. The standard InChI is InChI=1S/C17H23NO4/c1-11(10-12-6-4-5-7-15(12)22-3)18(2)16(19)13-8-9-14(13)17(20)21/h4-7,11,13-14H,8-10H2,1-3H3,(H,20,21). The van der Waals surface area contributed by atoms with Crippen molar-refractivity contribution in [1.82, 2.24) is 4.90 Å². The van der Waals surface area contributed by atoms with Crippen molar-refractivity contribution in [1.29, 1.82) is 0 Å². The third-order valence-corrected chi connectivity index (χ3v) is 4.63. The highest BCUT2D eigenvalue weighted by Gasteiger charge is 2.43. The third kappa shape index (κ3) is 3.24. The largest absolute Gasteiger partial charge is 0.496 e. The van der Waals surface area contributed by atoms with Gasteiger partial charge in [0.2, 0.25) is 5.91 Å². The van der Waals surface area contributed by atoms with Gasteiger partial charge in [0.1, 0.15) is 5.75 Å². The van der Waals surface area contributed by atoms with Gasteiger partial charge in [-0.1, -0.05) is 18.2 Å². The fourth-order valence-corrected chi connectivity index (χ4v) is 2.90. The molecule has 1 amide bonds. The molecule has 5 nitrogen and oxygen atoms in total. The summed E-state index contributed by atoms with van der Waals surface area (Å²) in [5.41, 5.74) is 1.04. The monoisotopic (exact) mass is 305 g/mol. The molecule has 22 heavy (non-hydrogen) atoms. The first-order valence-electron chi connectivity index (χ1n) is 7.57. The van der Waals surface area contributed by atoms with E-state index < -0.39 is 11.9 Å². The lowest BCUT2D eigenvalue weighted by Crippen LogP contribution is -2.47. The van der Waals surface area contributed by atoms with E-state index >= 15 is 0 Å². The Kier molecular flexibility index (Phi) is 5.06. The molecule has 1 N–H and O–H groups in total. The summed E-state index contributed by atoms with van der Waals surface area (Å²) in [6.45, 7) is 1.97. The molecule has 2 rings (SSSR count). The number of rotatable bonds is 6. The SMILES string of the molecule is COc1ccccc1CC(C)N(C)C(=O)C1CCC1C(=O)O. The molecular formula is C17H23NO4. The second-order valence-electron chi connectivity index (χ2n) is 5.94. The molecule has 3 atom stereocenters. The summed E-state index contributed by atoms with van der Waals surface area (Å²) in [5.74, 6) is -1.02. The zero-order chi connectivity index (χ0) is 16.3. The lowest BCUT2D eigenvalue weighted by Gasteiger charge is -2.37. The van der Waals surface area contributed by atoms with Gasteiger partial charge in [-0.25, -0.2) is 0 Å². The Bertz CT molecular complexity index is 557. The van der Waals surface area contributed by atoms with Crippen molar-refractivity contribution >= 4 is 11.9 Å². The first kappa shape index (κ1) is 16.3. The van der Waals surface area contributed by atoms with E-state index in [1.807, 2.05) is 31.2 Å². The number of hydrogen-bond acceptors (Lipinski definition) is 3. The van der Waals surface area contributed by atoms with Crippen molar-refractivity contribution in [2.24, 2.45) is 11.8 Å². The van der Waals surface area contributed by atoms with Gasteiger partial charge in [-0.15, -0.1) is 0 Å². The average Bonchev–Trinajstić information content (AvgIpc) is 2.45. The summed E-state index contributed by atoms with van der Waals surface area (Å²) >= 11 is 0. The minimum Gasteiger partial charge on any atom is -0.496 e. The van der Waals surface area contributed by atoms with Gasteiger partial charge < -0.3 is 14.7 Å². The quantitative estimate of drug-likeness (QED) is 0.875. The number of hydrogen-bond donors (Lipinski definition) is 1. The molecule has 1 aromatic rings. The van der Waals surface area contributed by atoms with Gasteiger partial charge in [0.25, 0.3) is 0 Å². The number of nitrogens with zero attached hydrogens (tertiary/aromatic N) is 1. The molecule has 1 saturated carbocycles. The van der Waals surface area contributed by atoms with E-state index in [9.17, 15) is 9.59 Å². The molecule has 1 aromatic carbocycles. The molecule has 1 aliphatic carbocycles. The molecule has 0 spiro atoms. The molecule has 1 aliphatic rings. The summed E-state index contributed by atoms with van der Waals surface area (Å²) in [5, 5.41) is 9.09. The van der Waals surface area contributed by atoms with Crippen LogP contribution in [0.25, 0.3) is 0 Å². The van der Waals surface area contributed by atoms with Gasteiger partial charge in [0.15, 0.2) is 0 Å². The molecule has 3 unspecified atom stereocenters. The van der Waals surface area contributed by atoms with Crippen molar-refractivity contribution in [2.75, 3.05) is 14.2 Å². The van der Waals surface area contributed by atoms with Gasteiger partial charge >= 0.3 is 5.97 Å². The fraction of sp³-hybridized carbons (Fsp3) is 0.529. The van der Waals surface area contributed by atoms with E-state index in [1.165, 1.54) is 0 Å². The molecule has 0 saturated heterocycles. The highest BCUT2D eigenvalue weighted by atomic mass is 16.5. The van der Waals surface area contributed by atoms with Crippen LogP contribution in [0.5, 0.6) is 5.75 Å². The number of para-hydroxylation sites is 1. The molecule has 0 aliphatic heterocycles. The fourth-order valence-electron chi connectivity index (χ4n) is 2.90. The maximum absolute atomic E-state index is 12.5. The number of carbonyl (C=O) groups is 2. The molecule has 0 bridgehead atoms. The Morgan fingerprint density at radius 1 is 1.32 bits per heavy atom. The Balaban J connectivity index is 2.01. The first-order valence-corrected chi connectivity index (χ1v) is 7.57. The van der Waals surface area contributed by atoms with Crippen LogP contribution in [0.3, 0.4) is 0 Å². The molecule has 0 heterocycles. The van der Waals surface area contributed by atoms with Crippen LogP contribution in [0.2, 0.25) is 0 Å². The molecular weight excluding hydrogens is 282 g/mol. The van der Waals surface area contributed by atoms with Crippen molar-refractivity contribution in [3.05, 3.63) is 29.8 Å². The van der Waals surface area contributed by atoms with Gasteiger partial charge in [0, 0.05) is 13.1 Å². The predicted octanol–water partition coefficient (Wildman–Crippen LogP) is 2.20. The van der Waals surface area contributed by atoms with E-state index in [-0.39, 0.29) is 17.9 Å². The lowest BCUT2D eigenvalue weighted by atomic mass is 9.73. The Labute approximate surface area is 130 Å². The van der Waals surface area contributed by atoms with Gasteiger partial charge in [-0.05, 0) is 37.8 Å². The Hall–Kier alpha value is -2.04. The first-order chi connectivity index (χ1) is 10.5. The van der Waals surface area contributed by atoms with E-state index in [1.54, 1.807) is 19.1 Å². The Morgan fingerprint density at radius 2 is 1.95 bits per heavy atom. The Morgan fingerprint density at radius 3 is 2.50 bits per heavy atom. The third-order valence-electron chi connectivity index (χ3n) is 4.63. The molecule has 5 heteroatoms. The van der Waals surface area contributed by atoms with Crippen LogP contribution < -0.4 is 4.74 Å². The summed E-state index contributed by atoms with van der Waals surface area (Å²) < 4.78 is 5.33. The van der Waals surface area contributed by atoms with Crippen molar-refractivity contribution in [3.8, 4) is 5.75 Å². The maximum Gasteiger partial charge on any atom is 0.307 e. The van der Waals surface area contributed by atoms with E-state index in [2.05, 4.69) is 0 Å². The normalized spacial score (nSPS) is 21.6. The van der Waals surface area contributed by atoms with Crippen molar-refractivity contribution in [3.63, 3.8) is 0 Å². The maximum atomic E-state index is 12.5. The number of ether oxygens (including phenoxy) is 1. The highest BCUT2D eigenvalue weighted by molar-refractivity contribution is 5.86. The number of benzene rings is 1. The number of likely N-dealkylation sites (N-methyl/N-ethyl adjacent to an activating group) is 1. The summed E-state index contributed by atoms with van der Waals surface area (Å²) in [6, 6.07) is 7.72. The van der Waals surface area contributed by atoms with E-state index in [0.717, 1.165) is 11.3 Å². The van der Waals surface area contributed by atoms with Gasteiger partial charge in [-0.3, -0.25) is 9.59 Å². The smallest absolute Gasteiger partial charge is 0.307 e. The summed E-state index contributed by atoms with van der Waals surface area (Å²) in [4.78, 5) is 25.2. The van der Waals surface area contributed by atoms with Crippen LogP contribution in [-0.2, 0) is 16.0 Å². The highest BCUT2D eigenvalue weighted by Crippen LogP contribution is 2.36. The number of carboxylic acid groups (broad SMARTS) is 1. The lowest BCUT2D eigenvalue weighted by molar-refractivity contribution is -0.156. The topological polar surface area (TPSA) is 66.8 Å². The molecule has 0 radical (unpaired) electrons. The van der Waals surface area contributed by atoms with E-state index in [0.29, 0.717) is 19.3 Å². The number of carbonyl (C=O) groups excluding carboxylic acids is 1. The average molecular weight is 305 g/mol. The van der Waals surface area contributed by atoms with Crippen LogP contribution in [0.15, 0.2) is 24.3 Å². The summed E-state index contributed by atoms with van der Waals surface area (Å²) in [6.07, 6.45) is 1.94. The second kappa shape index (κ2) is 6.81. The minimum absolute atomic E-state index is 0.0150. The number of aliphatic carboxylic acids is 1. The number of methoxy groups -OCH3 is 1. The van der Waals surface area contributed by atoms with Crippen LogP contribution in [-0.4, -0.2) is 42.1 Å².